The predicted octanol–water partition coefficient (Wildman–Crippen LogP) is -1.32. The van der Waals surface area contributed by atoms with Crippen molar-refractivity contribution in [3.05, 3.63) is 12.7 Å². The topological polar surface area (TPSA) is 384 Å². The van der Waals surface area contributed by atoms with Crippen molar-refractivity contribution in [2.24, 2.45) is 11.3 Å². The number of amides is 2. The first-order valence-corrected chi connectivity index (χ1v) is 21.6. The van der Waals surface area contributed by atoms with Gasteiger partial charge in [-0.25, -0.2) is 28.6 Å². The minimum absolute atomic E-state index is 0.0256. The molecular weight excluding hydrogens is 823 g/mol. The first-order valence-electron chi connectivity index (χ1n) is 16.1. The van der Waals surface area contributed by atoms with E-state index in [1.807, 2.05) is 0 Å². The van der Waals surface area contributed by atoms with Gasteiger partial charge in [0.05, 0.1) is 31.6 Å². The van der Waals surface area contributed by atoms with E-state index in [1.165, 1.54) is 20.8 Å². The van der Waals surface area contributed by atoms with E-state index in [9.17, 15) is 63.0 Å². The lowest BCUT2D eigenvalue weighted by molar-refractivity contribution is -0.137. The van der Waals surface area contributed by atoms with Crippen molar-refractivity contribution in [3.8, 4) is 0 Å². The summed E-state index contributed by atoms with van der Waals surface area (Å²) in [6.07, 6.45) is -7.81. The molecule has 4 unspecified atom stereocenters. The second kappa shape index (κ2) is 19.3. The molecule has 2 aromatic heterocycles. The van der Waals surface area contributed by atoms with Gasteiger partial charge in [0.1, 0.15) is 36.3 Å². The molecule has 0 spiro atoms. The lowest BCUT2D eigenvalue weighted by Gasteiger charge is -2.30. The monoisotopic (exact) mass is 867 g/mol. The molecule has 9 atom stereocenters. The number of nitrogens with zero attached hydrogens (tertiary/aromatic N) is 4. The Morgan fingerprint density at radius 3 is 2.33 bits per heavy atom. The molecule has 55 heavy (non-hydrogen) atoms. The maximum atomic E-state index is 12.7. The van der Waals surface area contributed by atoms with Crippen LogP contribution in [0.5, 0.6) is 0 Å². The lowest BCUT2D eigenvalue weighted by Crippen LogP contribution is -2.46. The van der Waals surface area contributed by atoms with E-state index in [2.05, 4.69) is 34.4 Å². The van der Waals surface area contributed by atoms with Gasteiger partial charge in [0.15, 0.2) is 22.8 Å². The molecule has 0 bridgehead atoms. The van der Waals surface area contributed by atoms with E-state index >= 15 is 0 Å². The van der Waals surface area contributed by atoms with Crippen molar-refractivity contribution in [2.45, 2.75) is 70.9 Å². The van der Waals surface area contributed by atoms with E-state index in [4.69, 9.17) is 19.5 Å². The second-order valence-electron chi connectivity index (χ2n) is 12.8. The number of anilines is 1. The molecule has 1 fully saturated rings. The summed E-state index contributed by atoms with van der Waals surface area (Å²) in [6, 6.07) is 0. The van der Waals surface area contributed by atoms with E-state index in [-0.39, 0.29) is 47.4 Å². The van der Waals surface area contributed by atoms with Crippen LogP contribution < -0.4 is 16.4 Å². The summed E-state index contributed by atoms with van der Waals surface area (Å²) in [6.45, 7) is 3.42. The second-order valence-corrected chi connectivity index (χ2v) is 18.1. The Bertz CT molecular complexity index is 1810. The van der Waals surface area contributed by atoms with Crippen LogP contribution in [0.4, 0.5) is 5.82 Å². The van der Waals surface area contributed by atoms with Gasteiger partial charge in [-0.15, -0.1) is 0 Å². The third-order valence-corrected chi connectivity index (χ3v) is 12.0. The normalized spacial score (nSPS) is 23.0. The van der Waals surface area contributed by atoms with Gasteiger partial charge in [0, 0.05) is 30.7 Å². The molecule has 1 aliphatic heterocycles. The van der Waals surface area contributed by atoms with Crippen LogP contribution in [0.1, 0.15) is 40.3 Å². The van der Waals surface area contributed by atoms with Crippen molar-refractivity contribution in [3.63, 3.8) is 0 Å². The number of hydrogen-bond donors (Lipinski definition) is 10. The number of hydrogen-bond acceptors (Lipinski definition) is 19. The molecule has 312 valence electrons. The minimum atomic E-state index is -5.58. The number of fused-ring (bicyclic) bond motifs is 1. The van der Waals surface area contributed by atoms with Crippen molar-refractivity contribution < 1.29 is 85.6 Å². The van der Waals surface area contributed by atoms with E-state index in [0.717, 1.165) is 29.0 Å². The fourth-order valence-corrected chi connectivity index (χ4v) is 8.30. The third-order valence-electron chi connectivity index (χ3n) is 7.84. The number of phosphoric ester groups is 3. The summed E-state index contributed by atoms with van der Waals surface area (Å²) in [5, 5.41) is 35.5. The predicted molar refractivity (Wildman–Crippen MR) is 188 cm³/mol. The zero-order valence-electron chi connectivity index (χ0n) is 29.7. The number of ether oxygens (including phenoxy) is 1. The summed E-state index contributed by atoms with van der Waals surface area (Å²) in [5.74, 6) is -1.84. The molecule has 2 amide bonds. The molecule has 29 heteroatoms. The number of imidazole rings is 1. The fraction of sp³-hybridized carbons (Fsp3) is 0.692. The molecule has 25 nitrogen and oxygen atoms in total. The van der Waals surface area contributed by atoms with Crippen LogP contribution in [0.2, 0.25) is 0 Å². The Morgan fingerprint density at radius 2 is 1.69 bits per heavy atom. The number of nitrogens with two attached hydrogens (primary N) is 1. The summed E-state index contributed by atoms with van der Waals surface area (Å²) in [5.41, 5.74) is 4.23. The van der Waals surface area contributed by atoms with Gasteiger partial charge in [-0.1, -0.05) is 32.5 Å². The number of phosphoric acid groups is 3. The quantitative estimate of drug-likeness (QED) is 0.0514. The third kappa shape index (κ3) is 13.8. The van der Waals surface area contributed by atoms with Gasteiger partial charge in [-0.2, -0.15) is 4.31 Å². The van der Waals surface area contributed by atoms with Gasteiger partial charge in [0.2, 0.25) is 11.8 Å². The number of aliphatic hydroxyl groups is 3. The number of rotatable bonds is 21. The largest absolute Gasteiger partial charge is 0.481 e. The number of carbonyl (C=O) groups is 3. The van der Waals surface area contributed by atoms with Crippen molar-refractivity contribution >= 4 is 69.1 Å². The molecule has 1 aliphatic rings. The van der Waals surface area contributed by atoms with Crippen molar-refractivity contribution in [1.29, 1.82) is 0 Å². The highest BCUT2D eigenvalue weighted by molar-refractivity contribution is 8.13. The van der Waals surface area contributed by atoms with Crippen LogP contribution in [0.15, 0.2) is 12.7 Å². The number of carbonyl (C=O) groups excluding carboxylic acids is 3. The standard InChI is InChI=1S/C26H44N7O18P3S/c1-13(14(2)34)25(39)55-8-7-28-16(35)5-6-29-23(38)20(37)26(3,4)10-48-54(45,46)51-53(43,44)47-9-15-19(50-52(40,41)42)18(36)24(49-15)33-12-32-17-21(27)30-11-31-22(17)33/h11-15,18-20,24,34,36-37H,5-10H2,1-4H3,(H,28,35)(H,29,38)(H,43,44)(H,45,46)(H2,27,30,31)(H2,40,41,42)/t13?,14?,15-,18-,19-,20+,24-/m1/s1. The average Bonchev–Trinajstić information content (AvgIpc) is 3.64. The van der Waals surface area contributed by atoms with Crippen molar-refractivity contribution in [2.75, 3.05) is 37.8 Å². The molecule has 0 aliphatic carbocycles. The summed E-state index contributed by atoms with van der Waals surface area (Å²) >= 11 is 0.947. The molecule has 0 saturated carbocycles. The van der Waals surface area contributed by atoms with Gasteiger partial charge >= 0.3 is 23.5 Å². The molecule has 0 radical (unpaired) electrons. The van der Waals surface area contributed by atoms with Gasteiger partial charge < -0.3 is 56.0 Å². The number of aliphatic hydroxyl groups excluding tert-OH is 3. The Hall–Kier alpha value is -2.48. The average molecular weight is 868 g/mol. The van der Waals surface area contributed by atoms with Crippen LogP contribution in [0, 0.1) is 11.3 Å². The number of nitrogens with one attached hydrogen (secondary N) is 2. The molecule has 11 N–H and O–H groups in total. The molecule has 3 heterocycles. The zero-order chi connectivity index (χ0) is 41.5. The van der Waals surface area contributed by atoms with E-state index in [1.54, 1.807) is 6.92 Å². The molecule has 2 aromatic rings. The first-order chi connectivity index (χ1) is 25.3. The molecule has 3 rings (SSSR count). The first kappa shape index (κ1) is 46.9. The highest BCUT2D eigenvalue weighted by atomic mass is 32.2. The Labute approximate surface area is 317 Å². The highest BCUT2D eigenvalue weighted by Crippen LogP contribution is 2.61. The minimum Gasteiger partial charge on any atom is -0.393 e. The zero-order valence-corrected chi connectivity index (χ0v) is 33.2. The van der Waals surface area contributed by atoms with E-state index in [0.29, 0.717) is 0 Å². The summed E-state index contributed by atoms with van der Waals surface area (Å²) in [4.78, 5) is 87.3. The van der Waals surface area contributed by atoms with Crippen LogP contribution in [-0.4, -0.2) is 134 Å². The number of aromatic nitrogens is 4. The SMILES string of the molecule is CC(O)C(C)C(=O)SCCNC(=O)CCNC(=O)[C@H](O)C(C)(C)COP(=O)(O)OP(=O)(O)OC[C@H]1O[C@@H](n2cnc3c(N)ncnc32)[C@H](O)[C@@H]1OP(=O)(O)O. The van der Waals surface area contributed by atoms with Crippen molar-refractivity contribution in [1.82, 2.24) is 30.2 Å². The fourth-order valence-electron chi connectivity index (χ4n) is 4.61. The maximum absolute atomic E-state index is 12.7. The lowest BCUT2D eigenvalue weighted by atomic mass is 9.87. The van der Waals surface area contributed by atoms with Crippen LogP contribution in [0.3, 0.4) is 0 Å². The molecule has 0 aromatic carbocycles. The molecule has 1 saturated heterocycles. The van der Waals surface area contributed by atoms with Gasteiger partial charge in [-0.05, 0) is 6.92 Å². The summed E-state index contributed by atoms with van der Waals surface area (Å²) < 4.78 is 62.0. The smallest absolute Gasteiger partial charge is 0.393 e. The van der Waals surface area contributed by atoms with Crippen LogP contribution in [0.25, 0.3) is 11.2 Å². The Kier molecular flexibility index (Phi) is 16.5. The highest BCUT2D eigenvalue weighted by Gasteiger charge is 2.50. The van der Waals surface area contributed by atoms with Gasteiger partial charge in [-0.3, -0.25) is 32.5 Å². The van der Waals surface area contributed by atoms with Gasteiger partial charge in [0.25, 0.3) is 0 Å². The van der Waals surface area contributed by atoms with Crippen LogP contribution in [-0.2, 0) is 50.7 Å². The Morgan fingerprint density at radius 1 is 1.04 bits per heavy atom. The molecular formula is C26H44N7O18P3S. The number of thioether (sulfide) groups is 1. The van der Waals surface area contributed by atoms with E-state index < -0.39 is 96.6 Å². The Balaban J connectivity index is 1.50. The summed E-state index contributed by atoms with van der Waals surface area (Å²) in [7, 11) is -16.4. The van der Waals surface area contributed by atoms with Crippen LogP contribution >= 0.6 is 35.2 Å². The maximum Gasteiger partial charge on any atom is 0.481 e. The number of nitrogen functional groups attached to an aromatic ring is 1.